The van der Waals surface area contributed by atoms with E-state index >= 15 is 0 Å². The Kier molecular flexibility index (Phi) is 8.46. The Balaban J connectivity index is 3.95. The third-order valence-electron chi connectivity index (χ3n) is 3.31. The molecule has 0 radical (unpaired) electrons. The summed E-state index contributed by atoms with van der Waals surface area (Å²) in [5.41, 5.74) is 1.53. The molecule has 0 aliphatic rings. The fraction of sp³-hybridized carbons (Fsp3) is 0.733. The Hall–Kier alpha value is -0.520. The summed E-state index contributed by atoms with van der Waals surface area (Å²) in [7, 11) is 0. The summed E-state index contributed by atoms with van der Waals surface area (Å²) in [5.74, 6) is 1.58. The molecule has 0 rings (SSSR count). The summed E-state index contributed by atoms with van der Waals surface area (Å²) in [5, 5.41) is 0. The standard InChI is InChI=1S/C15H28/c1-6-10-15(8-3)14(5)12-9-11-13(4)7-2/h6,10-11,14-15H,7-9,12H2,1-5H3. The van der Waals surface area contributed by atoms with Crippen molar-refractivity contribution < 1.29 is 0 Å². The maximum atomic E-state index is 2.40. The van der Waals surface area contributed by atoms with Crippen molar-refractivity contribution in [3.05, 3.63) is 23.8 Å². The fourth-order valence-corrected chi connectivity index (χ4v) is 1.93. The molecule has 0 saturated carbocycles. The monoisotopic (exact) mass is 208 g/mol. The van der Waals surface area contributed by atoms with E-state index in [2.05, 4.69) is 52.8 Å². The van der Waals surface area contributed by atoms with E-state index < -0.39 is 0 Å². The number of allylic oxidation sites excluding steroid dienone is 4. The zero-order valence-electron chi connectivity index (χ0n) is 11.2. The van der Waals surface area contributed by atoms with Gasteiger partial charge in [0.2, 0.25) is 0 Å². The van der Waals surface area contributed by atoms with Gasteiger partial charge in [0, 0.05) is 0 Å². The molecule has 0 aromatic carbocycles. The summed E-state index contributed by atoms with van der Waals surface area (Å²) in [6, 6.07) is 0. The zero-order valence-corrected chi connectivity index (χ0v) is 11.2. The van der Waals surface area contributed by atoms with Crippen LogP contribution in [0.1, 0.15) is 60.3 Å². The van der Waals surface area contributed by atoms with Gasteiger partial charge in [0.25, 0.3) is 0 Å². The number of hydrogen-bond donors (Lipinski definition) is 0. The third-order valence-corrected chi connectivity index (χ3v) is 3.31. The summed E-state index contributed by atoms with van der Waals surface area (Å²) in [6.07, 6.45) is 12.0. The van der Waals surface area contributed by atoms with Gasteiger partial charge in [-0.1, -0.05) is 44.6 Å². The smallest absolute Gasteiger partial charge is 0.0210 e. The van der Waals surface area contributed by atoms with Gasteiger partial charge in [-0.15, -0.1) is 0 Å². The second kappa shape index (κ2) is 8.76. The lowest BCUT2D eigenvalue weighted by molar-refractivity contribution is 0.394. The molecule has 2 unspecified atom stereocenters. The predicted molar refractivity (Wildman–Crippen MR) is 71.0 cm³/mol. The van der Waals surface area contributed by atoms with Crippen LogP contribution >= 0.6 is 0 Å². The van der Waals surface area contributed by atoms with Gasteiger partial charge in [-0.05, 0) is 51.4 Å². The van der Waals surface area contributed by atoms with Crippen molar-refractivity contribution in [3.63, 3.8) is 0 Å². The lowest BCUT2D eigenvalue weighted by atomic mass is 9.87. The zero-order chi connectivity index (χ0) is 11.7. The summed E-state index contributed by atoms with van der Waals surface area (Å²) in [6.45, 7) is 11.2. The van der Waals surface area contributed by atoms with Crippen molar-refractivity contribution in [1.29, 1.82) is 0 Å². The van der Waals surface area contributed by atoms with Crippen molar-refractivity contribution in [2.75, 3.05) is 0 Å². The van der Waals surface area contributed by atoms with E-state index in [-0.39, 0.29) is 0 Å². The highest BCUT2D eigenvalue weighted by atomic mass is 14.2. The molecule has 0 nitrogen and oxygen atoms in total. The van der Waals surface area contributed by atoms with Crippen molar-refractivity contribution in [2.24, 2.45) is 11.8 Å². The maximum Gasteiger partial charge on any atom is -0.0210 e. The highest BCUT2D eigenvalue weighted by Crippen LogP contribution is 2.22. The van der Waals surface area contributed by atoms with Gasteiger partial charge >= 0.3 is 0 Å². The number of rotatable bonds is 7. The molecule has 0 N–H and O–H groups in total. The second-order valence-corrected chi connectivity index (χ2v) is 4.56. The molecule has 0 fully saturated rings. The lowest BCUT2D eigenvalue weighted by Crippen LogP contribution is -2.07. The normalized spacial score (nSPS) is 17.0. The average molecular weight is 208 g/mol. The third kappa shape index (κ3) is 6.54. The molecular weight excluding hydrogens is 180 g/mol. The van der Waals surface area contributed by atoms with Gasteiger partial charge in [0.1, 0.15) is 0 Å². The Bertz CT molecular complexity index is 198. The molecule has 0 saturated heterocycles. The first kappa shape index (κ1) is 14.5. The molecule has 0 heterocycles. The van der Waals surface area contributed by atoms with Crippen LogP contribution in [0.15, 0.2) is 23.8 Å². The maximum absolute atomic E-state index is 2.40. The van der Waals surface area contributed by atoms with E-state index in [0.29, 0.717) is 0 Å². The van der Waals surface area contributed by atoms with Crippen LogP contribution in [-0.2, 0) is 0 Å². The minimum Gasteiger partial charge on any atom is -0.0914 e. The van der Waals surface area contributed by atoms with Gasteiger partial charge in [-0.2, -0.15) is 0 Å². The molecule has 0 amide bonds. The van der Waals surface area contributed by atoms with Crippen molar-refractivity contribution >= 4 is 0 Å². The van der Waals surface area contributed by atoms with Gasteiger partial charge in [0.15, 0.2) is 0 Å². The van der Waals surface area contributed by atoms with Crippen LogP contribution in [0.25, 0.3) is 0 Å². The summed E-state index contributed by atoms with van der Waals surface area (Å²) in [4.78, 5) is 0. The van der Waals surface area contributed by atoms with Gasteiger partial charge < -0.3 is 0 Å². The molecule has 88 valence electrons. The molecule has 0 spiro atoms. The van der Waals surface area contributed by atoms with E-state index in [0.717, 1.165) is 11.8 Å². The van der Waals surface area contributed by atoms with Crippen LogP contribution in [0.4, 0.5) is 0 Å². The van der Waals surface area contributed by atoms with Crippen molar-refractivity contribution in [3.8, 4) is 0 Å². The van der Waals surface area contributed by atoms with Gasteiger partial charge in [-0.25, -0.2) is 0 Å². The first-order valence-corrected chi connectivity index (χ1v) is 6.44. The largest absolute Gasteiger partial charge is 0.0914 e. The minimum absolute atomic E-state index is 0.769. The summed E-state index contributed by atoms with van der Waals surface area (Å²) < 4.78 is 0. The topological polar surface area (TPSA) is 0 Å². The van der Waals surface area contributed by atoms with Crippen LogP contribution < -0.4 is 0 Å². The predicted octanol–water partition coefficient (Wildman–Crippen LogP) is 5.36. The van der Waals surface area contributed by atoms with Crippen LogP contribution in [0.5, 0.6) is 0 Å². The molecule has 0 aromatic heterocycles. The minimum atomic E-state index is 0.769. The molecule has 15 heavy (non-hydrogen) atoms. The average Bonchev–Trinajstić information content (AvgIpc) is 2.25. The SMILES string of the molecule is CC=CC(CC)C(C)CCC=C(C)CC. The fourth-order valence-electron chi connectivity index (χ4n) is 1.93. The van der Waals surface area contributed by atoms with Crippen LogP contribution in [0.2, 0.25) is 0 Å². The van der Waals surface area contributed by atoms with Crippen LogP contribution in [0.3, 0.4) is 0 Å². The Morgan fingerprint density at radius 1 is 1.27 bits per heavy atom. The molecule has 2 atom stereocenters. The van der Waals surface area contributed by atoms with Gasteiger partial charge in [0.05, 0.1) is 0 Å². The molecular formula is C15H28. The first-order chi connectivity index (χ1) is 7.15. The van der Waals surface area contributed by atoms with Gasteiger partial charge in [-0.3, -0.25) is 0 Å². The van der Waals surface area contributed by atoms with E-state index in [9.17, 15) is 0 Å². The molecule has 0 heteroatoms. The van der Waals surface area contributed by atoms with E-state index in [1.807, 2.05) is 0 Å². The van der Waals surface area contributed by atoms with Crippen LogP contribution in [-0.4, -0.2) is 0 Å². The Morgan fingerprint density at radius 3 is 2.40 bits per heavy atom. The first-order valence-electron chi connectivity index (χ1n) is 6.44. The van der Waals surface area contributed by atoms with Crippen molar-refractivity contribution in [2.45, 2.75) is 60.3 Å². The molecule has 0 aliphatic heterocycles. The summed E-state index contributed by atoms with van der Waals surface area (Å²) >= 11 is 0. The highest BCUT2D eigenvalue weighted by Gasteiger charge is 2.10. The van der Waals surface area contributed by atoms with E-state index in [1.54, 1.807) is 0 Å². The molecule has 0 bridgehead atoms. The molecule has 0 aromatic rings. The quantitative estimate of drug-likeness (QED) is 0.494. The number of hydrogen-bond acceptors (Lipinski definition) is 0. The molecule has 0 aliphatic carbocycles. The second-order valence-electron chi connectivity index (χ2n) is 4.56. The van der Waals surface area contributed by atoms with E-state index in [4.69, 9.17) is 0 Å². The lowest BCUT2D eigenvalue weighted by Gasteiger charge is -2.18. The Labute approximate surface area is 96.5 Å². The van der Waals surface area contributed by atoms with Crippen molar-refractivity contribution in [1.82, 2.24) is 0 Å². The van der Waals surface area contributed by atoms with Crippen LogP contribution in [0, 0.1) is 11.8 Å². The highest BCUT2D eigenvalue weighted by molar-refractivity contribution is 4.97. The van der Waals surface area contributed by atoms with E-state index in [1.165, 1.54) is 31.3 Å². The Morgan fingerprint density at radius 2 is 1.93 bits per heavy atom.